The Balaban J connectivity index is 2.28. The molecule has 1 aromatic rings. The van der Waals surface area contributed by atoms with Crippen molar-refractivity contribution in [1.29, 1.82) is 0 Å². The summed E-state index contributed by atoms with van der Waals surface area (Å²) in [7, 11) is 0. The fraction of sp³-hybridized carbons (Fsp3) is 0.385. The van der Waals surface area contributed by atoms with Gasteiger partial charge in [-0.05, 0) is 30.9 Å². The van der Waals surface area contributed by atoms with Crippen molar-refractivity contribution in [3.63, 3.8) is 0 Å². The average Bonchev–Trinajstić information content (AvgIpc) is 2.50. The van der Waals surface area contributed by atoms with E-state index < -0.39 is 0 Å². The van der Waals surface area contributed by atoms with Gasteiger partial charge in [0.15, 0.2) is 0 Å². The third-order valence-electron chi connectivity index (χ3n) is 2.99. The molecule has 0 fully saturated rings. The van der Waals surface area contributed by atoms with Crippen molar-refractivity contribution in [2.75, 3.05) is 11.4 Å². The van der Waals surface area contributed by atoms with Crippen molar-refractivity contribution >= 4 is 28.8 Å². The second kappa shape index (κ2) is 5.27. The lowest BCUT2D eigenvalue weighted by Crippen LogP contribution is -2.34. The average molecular weight is 248 g/mol. The molecule has 90 valence electrons. The van der Waals surface area contributed by atoms with Gasteiger partial charge in [0.2, 0.25) is 5.91 Å². The Hall–Kier alpha value is -1.42. The summed E-state index contributed by atoms with van der Waals surface area (Å²) in [5.74, 6) is 0.00634. The van der Waals surface area contributed by atoms with Crippen LogP contribution in [0.3, 0.4) is 0 Å². The van der Waals surface area contributed by atoms with Gasteiger partial charge in [-0.1, -0.05) is 30.4 Å². The van der Waals surface area contributed by atoms with E-state index in [4.69, 9.17) is 18.0 Å². The molecule has 0 unspecified atom stereocenters. The SMILES string of the molecule is NC(=S)CC(=O)N1CCCCc2ccccc21. The number of rotatable bonds is 2. The minimum absolute atomic E-state index is 0.00634. The highest BCUT2D eigenvalue weighted by Crippen LogP contribution is 2.26. The lowest BCUT2D eigenvalue weighted by molar-refractivity contribution is -0.117. The lowest BCUT2D eigenvalue weighted by Gasteiger charge is -2.22. The Labute approximate surface area is 107 Å². The highest BCUT2D eigenvalue weighted by atomic mass is 32.1. The van der Waals surface area contributed by atoms with E-state index in [9.17, 15) is 4.79 Å². The zero-order valence-corrected chi connectivity index (χ0v) is 10.5. The van der Waals surface area contributed by atoms with Gasteiger partial charge in [-0.3, -0.25) is 4.79 Å². The first kappa shape index (κ1) is 12.0. The van der Waals surface area contributed by atoms with Gasteiger partial charge < -0.3 is 10.6 Å². The van der Waals surface area contributed by atoms with E-state index in [-0.39, 0.29) is 17.3 Å². The monoisotopic (exact) mass is 248 g/mol. The molecule has 0 atom stereocenters. The molecule has 1 heterocycles. The number of thiocarbonyl (C=S) groups is 1. The molecule has 1 aliphatic rings. The predicted molar refractivity (Wildman–Crippen MR) is 73.1 cm³/mol. The van der Waals surface area contributed by atoms with Crippen LogP contribution >= 0.6 is 12.2 Å². The zero-order valence-electron chi connectivity index (χ0n) is 9.69. The molecule has 0 saturated carbocycles. The largest absolute Gasteiger partial charge is 0.393 e. The predicted octanol–water partition coefficient (Wildman–Crippen LogP) is 2.03. The van der Waals surface area contributed by atoms with E-state index in [2.05, 4.69) is 6.07 Å². The van der Waals surface area contributed by atoms with E-state index >= 15 is 0 Å². The van der Waals surface area contributed by atoms with Crippen LogP contribution in [0, 0.1) is 0 Å². The van der Waals surface area contributed by atoms with Gasteiger partial charge in [-0.25, -0.2) is 0 Å². The second-order valence-corrected chi connectivity index (χ2v) is 4.80. The molecule has 0 bridgehead atoms. The molecule has 0 aliphatic carbocycles. The van der Waals surface area contributed by atoms with Crippen LogP contribution in [0.1, 0.15) is 24.8 Å². The topological polar surface area (TPSA) is 46.3 Å². The number of nitrogens with zero attached hydrogens (tertiary/aromatic N) is 1. The normalized spacial score (nSPS) is 14.9. The third kappa shape index (κ3) is 2.82. The molecule has 0 aromatic heterocycles. The van der Waals surface area contributed by atoms with Gasteiger partial charge in [0.05, 0.1) is 11.4 Å². The highest BCUT2D eigenvalue weighted by molar-refractivity contribution is 7.80. The molecule has 1 aromatic carbocycles. The molecule has 0 saturated heterocycles. The van der Waals surface area contributed by atoms with Gasteiger partial charge in [0.25, 0.3) is 0 Å². The van der Waals surface area contributed by atoms with E-state index in [1.807, 2.05) is 23.1 Å². The molecular formula is C13H16N2OS. The third-order valence-corrected chi connectivity index (χ3v) is 3.13. The number of hydrogen-bond donors (Lipinski definition) is 1. The van der Waals surface area contributed by atoms with Crippen molar-refractivity contribution in [2.24, 2.45) is 5.73 Å². The molecule has 4 heteroatoms. The number of benzene rings is 1. The van der Waals surface area contributed by atoms with E-state index in [0.29, 0.717) is 0 Å². The maximum Gasteiger partial charge on any atom is 0.233 e. The van der Waals surface area contributed by atoms with Crippen molar-refractivity contribution < 1.29 is 4.79 Å². The number of para-hydroxylation sites is 1. The number of carbonyl (C=O) groups excluding carboxylic acids is 1. The molecule has 2 rings (SSSR count). The fourth-order valence-electron chi connectivity index (χ4n) is 2.19. The van der Waals surface area contributed by atoms with Crippen LogP contribution in [-0.2, 0) is 11.2 Å². The quantitative estimate of drug-likeness (QED) is 0.815. The first-order chi connectivity index (χ1) is 8.18. The van der Waals surface area contributed by atoms with E-state index in [1.54, 1.807) is 0 Å². The number of aryl methyl sites for hydroxylation is 1. The van der Waals surface area contributed by atoms with Crippen LogP contribution < -0.4 is 10.6 Å². The minimum Gasteiger partial charge on any atom is -0.393 e. The summed E-state index contributed by atoms with van der Waals surface area (Å²) in [4.78, 5) is 14.2. The van der Waals surface area contributed by atoms with Crippen LogP contribution in [0.5, 0.6) is 0 Å². The van der Waals surface area contributed by atoms with Crippen molar-refractivity contribution in [2.45, 2.75) is 25.7 Å². The number of amides is 1. The second-order valence-electron chi connectivity index (χ2n) is 4.27. The van der Waals surface area contributed by atoms with Gasteiger partial charge in [0, 0.05) is 12.2 Å². The molecule has 3 nitrogen and oxygen atoms in total. The van der Waals surface area contributed by atoms with Crippen molar-refractivity contribution in [1.82, 2.24) is 0 Å². The highest BCUT2D eigenvalue weighted by Gasteiger charge is 2.20. The summed E-state index contributed by atoms with van der Waals surface area (Å²) in [5, 5.41) is 0. The van der Waals surface area contributed by atoms with Gasteiger partial charge in [0.1, 0.15) is 0 Å². The number of nitrogens with two attached hydrogens (primary N) is 1. The van der Waals surface area contributed by atoms with Gasteiger partial charge >= 0.3 is 0 Å². The Morgan fingerprint density at radius 1 is 1.35 bits per heavy atom. The summed E-state index contributed by atoms with van der Waals surface area (Å²) >= 11 is 4.80. The van der Waals surface area contributed by atoms with Crippen molar-refractivity contribution in [3.8, 4) is 0 Å². The summed E-state index contributed by atoms with van der Waals surface area (Å²) < 4.78 is 0. The molecule has 1 amide bonds. The summed E-state index contributed by atoms with van der Waals surface area (Å²) in [6, 6.07) is 8.06. The Morgan fingerprint density at radius 3 is 2.88 bits per heavy atom. The first-order valence-corrected chi connectivity index (χ1v) is 6.26. The van der Waals surface area contributed by atoms with Crippen molar-refractivity contribution in [3.05, 3.63) is 29.8 Å². The molecular weight excluding hydrogens is 232 g/mol. The number of carbonyl (C=O) groups is 1. The molecule has 0 radical (unpaired) electrons. The van der Waals surface area contributed by atoms with Crippen LogP contribution in [-0.4, -0.2) is 17.4 Å². The Kier molecular flexibility index (Phi) is 3.74. The summed E-state index contributed by atoms with van der Waals surface area (Å²) in [6.07, 6.45) is 3.34. The summed E-state index contributed by atoms with van der Waals surface area (Å²) in [6.45, 7) is 0.762. The lowest BCUT2D eigenvalue weighted by atomic mass is 10.1. The summed E-state index contributed by atoms with van der Waals surface area (Å²) in [5.41, 5.74) is 7.70. The van der Waals surface area contributed by atoms with E-state index in [1.165, 1.54) is 5.56 Å². The zero-order chi connectivity index (χ0) is 12.3. The Morgan fingerprint density at radius 2 is 2.12 bits per heavy atom. The minimum atomic E-state index is 0.00634. The van der Waals surface area contributed by atoms with Crippen LogP contribution in [0.4, 0.5) is 5.69 Å². The first-order valence-electron chi connectivity index (χ1n) is 5.85. The fourth-order valence-corrected chi connectivity index (χ4v) is 2.32. The van der Waals surface area contributed by atoms with Gasteiger partial charge in [-0.15, -0.1) is 0 Å². The van der Waals surface area contributed by atoms with Crippen LogP contribution in [0.15, 0.2) is 24.3 Å². The smallest absolute Gasteiger partial charge is 0.233 e. The maximum absolute atomic E-state index is 12.1. The maximum atomic E-state index is 12.1. The number of hydrogen-bond acceptors (Lipinski definition) is 2. The van der Waals surface area contributed by atoms with E-state index in [0.717, 1.165) is 31.5 Å². The number of fused-ring (bicyclic) bond motifs is 1. The molecule has 17 heavy (non-hydrogen) atoms. The molecule has 0 spiro atoms. The Bertz CT molecular complexity index is 445. The molecule has 2 N–H and O–H groups in total. The van der Waals surface area contributed by atoms with Gasteiger partial charge in [-0.2, -0.15) is 0 Å². The molecule has 1 aliphatic heterocycles. The standard InChI is InChI=1S/C13H16N2OS/c14-12(17)9-13(16)15-8-4-3-6-10-5-1-2-7-11(10)15/h1-2,5,7H,3-4,6,8-9H2,(H2,14,17). The van der Waals surface area contributed by atoms with Crippen LogP contribution in [0.25, 0.3) is 0 Å². The number of anilines is 1. The van der Waals surface area contributed by atoms with Crippen LogP contribution in [0.2, 0.25) is 0 Å².